The molecular formula is C38H46F3N3O2. The highest BCUT2D eigenvalue weighted by Crippen LogP contribution is 2.31. The van der Waals surface area contributed by atoms with Crippen LogP contribution < -0.4 is 16.0 Å². The molecule has 2 amide bonds. The Morgan fingerprint density at radius 2 is 1.22 bits per heavy atom. The van der Waals surface area contributed by atoms with Crippen molar-refractivity contribution in [3.63, 3.8) is 0 Å². The van der Waals surface area contributed by atoms with Gasteiger partial charge in [-0.1, -0.05) is 98.0 Å². The number of para-hydroxylation sites is 1. The predicted octanol–water partition coefficient (Wildman–Crippen LogP) is 9.77. The molecule has 0 radical (unpaired) electrons. The molecule has 0 aliphatic carbocycles. The molecule has 0 saturated carbocycles. The number of alkyl halides is 3. The fourth-order valence-corrected chi connectivity index (χ4v) is 4.13. The Morgan fingerprint density at radius 1 is 0.674 bits per heavy atom. The number of halogens is 3. The number of amides is 2. The third kappa shape index (κ3) is 17.0. The van der Waals surface area contributed by atoms with Gasteiger partial charge in [0.2, 0.25) is 5.91 Å². The van der Waals surface area contributed by atoms with E-state index in [0.29, 0.717) is 18.5 Å². The number of nitrogens with one attached hydrogen (secondary N) is 3. The highest BCUT2D eigenvalue weighted by atomic mass is 19.4. The van der Waals surface area contributed by atoms with Gasteiger partial charge in [0, 0.05) is 25.2 Å². The number of hydrogen-bond acceptors (Lipinski definition) is 3. The maximum Gasteiger partial charge on any atom is 0.416 e. The lowest BCUT2D eigenvalue weighted by Crippen LogP contribution is -2.34. The highest BCUT2D eigenvalue weighted by molar-refractivity contribution is 6.00. The van der Waals surface area contributed by atoms with Crippen molar-refractivity contribution < 1.29 is 22.8 Å². The molecule has 2 aromatic carbocycles. The van der Waals surface area contributed by atoms with Crippen LogP contribution in [0.15, 0.2) is 121 Å². The Labute approximate surface area is 271 Å². The fraction of sp³-hybridized carbons (Fsp3) is 0.316. The van der Waals surface area contributed by atoms with E-state index >= 15 is 0 Å². The summed E-state index contributed by atoms with van der Waals surface area (Å²) in [7, 11) is 0. The van der Waals surface area contributed by atoms with Gasteiger partial charge in [0.05, 0.1) is 16.8 Å². The lowest BCUT2D eigenvalue weighted by molar-refractivity contribution is -0.137. The molecule has 0 atom stereocenters. The van der Waals surface area contributed by atoms with E-state index in [0.717, 1.165) is 50.7 Å². The van der Waals surface area contributed by atoms with E-state index in [1.165, 1.54) is 12.1 Å². The van der Waals surface area contributed by atoms with Crippen molar-refractivity contribution in [1.82, 2.24) is 10.6 Å². The van der Waals surface area contributed by atoms with Crippen LogP contribution >= 0.6 is 0 Å². The topological polar surface area (TPSA) is 70.2 Å². The second-order valence-electron chi connectivity index (χ2n) is 10.3. The molecule has 0 bridgehead atoms. The Bertz CT molecular complexity index is 1370. The number of benzene rings is 2. The number of hydrogen-bond donors (Lipinski definition) is 3. The van der Waals surface area contributed by atoms with Crippen molar-refractivity contribution in [2.75, 3.05) is 18.4 Å². The zero-order valence-electron chi connectivity index (χ0n) is 26.6. The number of allylic oxidation sites excluding steroid dienone is 12. The quantitative estimate of drug-likeness (QED) is 0.100. The minimum Gasteiger partial charge on any atom is -0.355 e. The minimum absolute atomic E-state index is 0.111. The van der Waals surface area contributed by atoms with Crippen LogP contribution in [0.3, 0.4) is 0 Å². The Morgan fingerprint density at radius 3 is 1.80 bits per heavy atom. The summed E-state index contributed by atoms with van der Waals surface area (Å²) in [6, 6.07) is 11.3. The zero-order valence-corrected chi connectivity index (χ0v) is 26.6. The molecule has 46 heavy (non-hydrogen) atoms. The highest BCUT2D eigenvalue weighted by Gasteiger charge is 2.30. The van der Waals surface area contributed by atoms with Crippen molar-refractivity contribution in [2.45, 2.75) is 64.5 Å². The molecular weight excluding hydrogens is 587 g/mol. The summed E-state index contributed by atoms with van der Waals surface area (Å²) < 4.78 is 39.1. The first-order chi connectivity index (χ1) is 22.3. The molecule has 8 heteroatoms. The van der Waals surface area contributed by atoms with Crippen LogP contribution in [-0.2, 0) is 11.0 Å². The van der Waals surface area contributed by atoms with Crippen LogP contribution in [0, 0.1) is 0 Å². The van der Waals surface area contributed by atoms with E-state index in [-0.39, 0.29) is 30.2 Å². The molecule has 2 rings (SSSR count). The molecule has 0 aliphatic rings. The Balaban J connectivity index is 1.57. The Hall–Kier alpha value is -4.59. The second kappa shape index (κ2) is 22.8. The van der Waals surface area contributed by atoms with Gasteiger partial charge >= 0.3 is 6.18 Å². The predicted molar refractivity (Wildman–Crippen MR) is 184 cm³/mol. The molecule has 0 aromatic heterocycles. The first kappa shape index (κ1) is 37.6. The van der Waals surface area contributed by atoms with E-state index in [1.54, 1.807) is 24.3 Å². The number of anilines is 2. The molecule has 0 heterocycles. The second-order valence-corrected chi connectivity index (χ2v) is 10.3. The first-order valence-corrected chi connectivity index (χ1v) is 15.8. The van der Waals surface area contributed by atoms with Crippen molar-refractivity contribution in [3.05, 3.63) is 133 Å². The van der Waals surface area contributed by atoms with Gasteiger partial charge in [-0.25, -0.2) is 0 Å². The Kier molecular flexibility index (Phi) is 18.7. The summed E-state index contributed by atoms with van der Waals surface area (Å²) in [4.78, 5) is 24.8. The van der Waals surface area contributed by atoms with Gasteiger partial charge in [-0.05, 0) is 75.3 Å². The van der Waals surface area contributed by atoms with Gasteiger partial charge in [0.25, 0.3) is 5.91 Å². The average molecular weight is 634 g/mol. The lowest BCUT2D eigenvalue weighted by atomic mass is 10.1. The van der Waals surface area contributed by atoms with E-state index in [1.807, 2.05) is 12.2 Å². The fourth-order valence-electron chi connectivity index (χ4n) is 4.13. The molecule has 0 fully saturated rings. The molecule has 0 aliphatic heterocycles. The van der Waals surface area contributed by atoms with Gasteiger partial charge in [0.1, 0.15) is 0 Å². The van der Waals surface area contributed by atoms with Gasteiger partial charge in [-0.3, -0.25) is 9.59 Å². The van der Waals surface area contributed by atoms with Gasteiger partial charge in [0.15, 0.2) is 0 Å². The third-order valence-electron chi connectivity index (χ3n) is 6.51. The van der Waals surface area contributed by atoms with E-state index < -0.39 is 17.6 Å². The number of carbonyl (C=O) groups excluding carboxylic acids is 2. The van der Waals surface area contributed by atoms with Gasteiger partial charge < -0.3 is 16.0 Å². The summed E-state index contributed by atoms with van der Waals surface area (Å²) in [5.74, 6) is -0.511. The number of rotatable bonds is 20. The summed E-state index contributed by atoms with van der Waals surface area (Å²) in [6.07, 6.45) is 27.8. The monoisotopic (exact) mass is 633 g/mol. The maximum absolute atomic E-state index is 13.0. The number of carbonyl (C=O) groups is 2. The summed E-state index contributed by atoms with van der Waals surface area (Å²) in [5, 5.41) is 8.41. The van der Waals surface area contributed by atoms with Crippen LogP contribution in [0.5, 0.6) is 0 Å². The average Bonchev–Trinajstić information content (AvgIpc) is 3.04. The smallest absolute Gasteiger partial charge is 0.355 e. The van der Waals surface area contributed by atoms with Crippen molar-refractivity contribution >= 4 is 23.2 Å². The molecule has 0 unspecified atom stereocenters. The van der Waals surface area contributed by atoms with Crippen LogP contribution in [0.2, 0.25) is 0 Å². The van der Waals surface area contributed by atoms with Crippen molar-refractivity contribution in [2.24, 2.45) is 0 Å². The molecule has 3 N–H and O–H groups in total. The van der Waals surface area contributed by atoms with Crippen LogP contribution in [-0.4, -0.2) is 24.9 Å². The zero-order chi connectivity index (χ0) is 33.3. The van der Waals surface area contributed by atoms with Crippen LogP contribution in [0.4, 0.5) is 24.5 Å². The molecule has 0 saturated heterocycles. The van der Waals surface area contributed by atoms with Gasteiger partial charge in [-0.2, -0.15) is 13.2 Å². The van der Waals surface area contributed by atoms with Crippen molar-refractivity contribution in [1.29, 1.82) is 0 Å². The normalized spacial score (nSPS) is 12.4. The SMILES string of the molecule is CCC=CCC=CCC=CCC=CCC=CCC=CCCC(=O)NCCNC(=O)c1ccccc1Nc1cccc(C(F)(F)F)c1. The van der Waals surface area contributed by atoms with Gasteiger partial charge in [-0.15, -0.1) is 0 Å². The first-order valence-electron chi connectivity index (χ1n) is 15.8. The molecule has 2 aromatic rings. The van der Waals surface area contributed by atoms with Crippen molar-refractivity contribution in [3.8, 4) is 0 Å². The lowest BCUT2D eigenvalue weighted by Gasteiger charge is -2.14. The largest absolute Gasteiger partial charge is 0.416 e. The minimum atomic E-state index is -4.47. The summed E-state index contributed by atoms with van der Waals surface area (Å²) >= 11 is 0. The van der Waals surface area contributed by atoms with E-state index in [2.05, 4.69) is 83.6 Å². The van der Waals surface area contributed by atoms with Crippen LogP contribution in [0.25, 0.3) is 0 Å². The van der Waals surface area contributed by atoms with E-state index in [9.17, 15) is 22.8 Å². The maximum atomic E-state index is 13.0. The third-order valence-corrected chi connectivity index (χ3v) is 6.51. The molecule has 0 spiro atoms. The summed E-state index contributed by atoms with van der Waals surface area (Å²) in [6.45, 7) is 2.61. The standard InChI is InChI=1S/C38H46F3N3O2/c1-2-3-4-5-6-7-8-9-10-11-12-13-14-15-16-17-18-19-20-28-36(45)42-29-30-43-37(46)34-26-21-22-27-35(34)44-33-25-23-24-32(31-33)38(39,40)41/h3-4,6-7,9-10,12-13,15-16,18-19,21-27,31,44H,2,5,8,11,14,17,20,28-30H2,1H3,(H,42,45)(H,43,46). The van der Waals surface area contributed by atoms with E-state index in [4.69, 9.17) is 0 Å². The molecule has 246 valence electrons. The van der Waals surface area contributed by atoms with Crippen LogP contribution in [0.1, 0.15) is 74.2 Å². The molecule has 5 nitrogen and oxygen atoms in total. The summed E-state index contributed by atoms with van der Waals surface area (Å²) in [5.41, 5.74) is 0.0915.